The number of aryl methyl sites for hydroxylation is 1. The van der Waals surface area contributed by atoms with Gasteiger partial charge in [0.05, 0.1) is 0 Å². The highest BCUT2D eigenvalue weighted by molar-refractivity contribution is 5.40. The quantitative estimate of drug-likeness (QED) is 0.811. The van der Waals surface area contributed by atoms with Gasteiger partial charge in [0.2, 0.25) is 0 Å². The maximum atomic E-state index is 8.96. The summed E-state index contributed by atoms with van der Waals surface area (Å²) in [5.74, 6) is 1.03. The average Bonchev–Trinajstić information content (AvgIpc) is 2.76. The number of nitrogens with one attached hydrogen (secondary N) is 1. The summed E-state index contributed by atoms with van der Waals surface area (Å²) in [6, 6.07) is 6.76. The van der Waals surface area contributed by atoms with Gasteiger partial charge in [-0.15, -0.1) is 0 Å². The van der Waals surface area contributed by atoms with Crippen molar-refractivity contribution < 1.29 is 9.84 Å². The molecule has 2 atom stereocenters. The maximum Gasteiger partial charge on any atom is 0.123 e. The molecule has 0 spiro atoms. The van der Waals surface area contributed by atoms with Crippen LogP contribution in [0.25, 0.3) is 0 Å². The van der Waals surface area contributed by atoms with Crippen molar-refractivity contribution in [3.63, 3.8) is 0 Å². The van der Waals surface area contributed by atoms with Crippen LogP contribution in [0.5, 0.6) is 5.75 Å². The molecule has 100 valence electrons. The molecule has 1 aromatic rings. The predicted octanol–water partition coefficient (Wildman–Crippen LogP) is 2.05. The topological polar surface area (TPSA) is 41.5 Å². The molecule has 2 unspecified atom stereocenters. The van der Waals surface area contributed by atoms with E-state index in [4.69, 9.17) is 9.84 Å². The van der Waals surface area contributed by atoms with Gasteiger partial charge in [-0.1, -0.05) is 24.6 Å². The second-order valence-corrected chi connectivity index (χ2v) is 5.08. The fourth-order valence-corrected chi connectivity index (χ4v) is 2.47. The zero-order valence-electron chi connectivity index (χ0n) is 11.3. The fraction of sp³-hybridized carbons (Fsp3) is 0.600. The first-order chi connectivity index (χ1) is 8.72. The van der Waals surface area contributed by atoms with E-state index >= 15 is 0 Å². The summed E-state index contributed by atoms with van der Waals surface area (Å²) < 4.78 is 5.91. The number of hydrogen-bond acceptors (Lipinski definition) is 3. The van der Waals surface area contributed by atoms with E-state index in [0.29, 0.717) is 6.04 Å². The lowest BCUT2D eigenvalue weighted by molar-refractivity contribution is 0.209. The van der Waals surface area contributed by atoms with E-state index in [1.54, 1.807) is 0 Å². The van der Waals surface area contributed by atoms with E-state index in [0.717, 1.165) is 31.6 Å². The van der Waals surface area contributed by atoms with Crippen molar-refractivity contribution in [2.75, 3.05) is 13.2 Å². The highest BCUT2D eigenvalue weighted by Crippen LogP contribution is 2.29. The smallest absolute Gasteiger partial charge is 0.123 e. The Morgan fingerprint density at radius 2 is 2.33 bits per heavy atom. The molecule has 0 bridgehead atoms. The second kappa shape index (κ2) is 6.21. The van der Waals surface area contributed by atoms with Crippen LogP contribution in [0, 0.1) is 6.92 Å². The highest BCUT2D eigenvalue weighted by Gasteiger charge is 2.23. The summed E-state index contributed by atoms with van der Waals surface area (Å²) >= 11 is 0. The maximum absolute atomic E-state index is 8.96. The van der Waals surface area contributed by atoms with Gasteiger partial charge in [-0.3, -0.25) is 0 Å². The molecule has 3 heteroatoms. The molecule has 2 rings (SSSR count). The van der Waals surface area contributed by atoms with Gasteiger partial charge in [0.1, 0.15) is 11.9 Å². The molecule has 0 amide bonds. The monoisotopic (exact) mass is 249 g/mol. The summed E-state index contributed by atoms with van der Waals surface area (Å²) in [5, 5.41) is 12.4. The van der Waals surface area contributed by atoms with Crippen LogP contribution in [0.1, 0.15) is 30.9 Å². The van der Waals surface area contributed by atoms with Gasteiger partial charge >= 0.3 is 0 Å². The van der Waals surface area contributed by atoms with Gasteiger partial charge < -0.3 is 15.2 Å². The predicted molar refractivity (Wildman–Crippen MR) is 73.1 cm³/mol. The van der Waals surface area contributed by atoms with Gasteiger partial charge in [0.25, 0.3) is 0 Å². The Morgan fingerprint density at radius 1 is 1.50 bits per heavy atom. The Morgan fingerprint density at radius 3 is 3.06 bits per heavy atom. The van der Waals surface area contributed by atoms with Crippen molar-refractivity contribution in [3.05, 3.63) is 29.3 Å². The summed E-state index contributed by atoms with van der Waals surface area (Å²) in [6.45, 7) is 5.35. The minimum atomic E-state index is 0.231. The van der Waals surface area contributed by atoms with Crippen molar-refractivity contribution in [2.45, 2.75) is 45.3 Å². The SMILES string of the molecule is CCC(CCO)NCC1Cc2cc(C)ccc2O1. The minimum Gasteiger partial charge on any atom is -0.488 e. The van der Waals surface area contributed by atoms with Crippen LogP contribution in [0.15, 0.2) is 18.2 Å². The normalized spacial score (nSPS) is 19.4. The number of aliphatic hydroxyl groups excluding tert-OH is 1. The van der Waals surface area contributed by atoms with Gasteiger partial charge in [-0.2, -0.15) is 0 Å². The van der Waals surface area contributed by atoms with Crippen LogP contribution in [-0.4, -0.2) is 30.4 Å². The molecule has 1 heterocycles. The molecule has 0 saturated carbocycles. The van der Waals surface area contributed by atoms with Crippen LogP contribution >= 0.6 is 0 Å². The van der Waals surface area contributed by atoms with E-state index in [-0.39, 0.29) is 12.7 Å². The van der Waals surface area contributed by atoms with E-state index in [2.05, 4.69) is 37.4 Å². The van der Waals surface area contributed by atoms with Crippen molar-refractivity contribution in [2.24, 2.45) is 0 Å². The zero-order valence-corrected chi connectivity index (χ0v) is 11.3. The first kappa shape index (κ1) is 13.4. The van der Waals surface area contributed by atoms with E-state index in [9.17, 15) is 0 Å². The van der Waals surface area contributed by atoms with Crippen LogP contribution in [0.3, 0.4) is 0 Å². The summed E-state index contributed by atoms with van der Waals surface area (Å²) in [4.78, 5) is 0. The standard InChI is InChI=1S/C15H23NO2/c1-3-13(6-7-17)16-10-14-9-12-8-11(2)4-5-15(12)18-14/h4-5,8,13-14,16-17H,3,6-7,9-10H2,1-2H3. The van der Waals surface area contributed by atoms with Crippen molar-refractivity contribution in [1.82, 2.24) is 5.32 Å². The Bertz CT molecular complexity index is 392. The van der Waals surface area contributed by atoms with Crippen molar-refractivity contribution >= 4 is 0 Å². The van der Waals surface area contributed by atoms with Gasteiger partial charge in [-0.25, -0.2) is 0 Å². The molecular formula is C15H23NO2. The molecule has 0 aromatic heterocycles. The van der Waals surface area contributed by atoms with Gasteiger partial charge in [0.15, 0.2) is 0 Å². The Kier molecular flexibility index (Phi) is 4.61. The van der Waals surface area contributed by atoms with Gasteiger partial charge in [0, 0.05) is 25.6 Å². The number of rotatable bonds is 6. The summed E-state index contributed by atoms with van der Waals surface area (Å²) in [7, 11) is 0. The molecule has 0 fully saturated rings. The lowest BCUT2D eigenvalue weighted by Crippen LogP contribution is -2.37. The largest absolute Gasteiger partial charge is 0.488 e. The number of fused-ring (bicyclic) bond motifs is 1. The molecule has 1 aliphatic heterocycles. The molecule has 1 aliphatic rings. The number of benzene rings is 1. The summed E-state index contributed by atoms with van der Waals surface area (Å²) in [5.41, 5.74) is 2.61. The molecule has 1 aromatic carbocycles. The molecule has 2 N–H and O–H groups in total. The van der Waals surface area contributed by atoms with E-state index < -0.39 is 0 Å². The lowest BCUT2D eigenvalue weighted by atomic mass is 10.1. The van der Waals surface area contributed by atoms with E-state index in [1.165, 1.54) is 11.1 Å². The molecule has 18 heavy (non-hydrogen) atoms. The third kappa shape index (κ3) is 3.24. The minimum absolute atomic E-state index is 0.231. The Balaban J connectivity index is 1.84. The zero-order chi connectivity index (χ0) is 13.0. The molecular weight excluding hydrogens is 226 g/mol. The number of hydrogen-bond donors (Lipinski definition) is 2. The molecule has 0 radical (unpaired) electrons. The number of aliphatic hydroxyl groups is 1. The third-order valence-electron chi connectivity index (χ3n) is 3.56. The number of ether oxygens (including phenoxy) is 1. The average molecular weight is 249 g/mol. The first-order valence-corrected chi connectivity index (χ1v) is 6.83. The van der Waals surface area contributed by atoms with Crippen molar-refractivity contribution in [3.8, 4) is 5.75 Å². The molecule has 0 saturated heterocycles. The molecule has 3 nitrogen and oxygen atoms in total. The van der Waals surface area contributed by atoms with Gasteiger partial charge in [-0.05, 0) is 31.4 Å². The molecule has 0 aliphatic carbocycles. The Hall–Kier alpha value is -1.06. The fourth-order valence-electron chi connectivity index (χ4n) is 2.47. The second-order valence-electron chi connectivity index (χ2n) is 5.08. The van der Waals surface area contributed by atoms with E-state index in [1.807, 2.05) is 0 Å². The summed E-state index contributed by atoms with van der Waals surface area (Å²) in [6.07, 6.45) is 3.07. The first-order valence-electron chi connectivity index (χ1n) is 6.83. The third-order valence-corrected chi connectivity index (χ3v) is 3.56. The van der Waals surface area contributed by atoms with Crippen LogP contribution in [0.4, 0.5) is 0 Å². The van der Waals surface area contributed by atoms with Crippen LogP contribution in [-0.2, 0) is 6.42 Å². The Labute approximate surface area is 109 Å². The van der Waals surface area contributed by atoms with Crippen molar-refractivity contribution in [1.29, 1.82) is 0 Å². The van der Waals surface area contributed by atoms with Crippen LogP contribution < -0.4 is 10.1 Å². The van der Waals surface area contributed by atoms with Crippen LogP contribution in [0.2, 0.25) is 0 Å². The lowest BCUT2D eigenvalue weighted by Gasteiger charge is -2.18. The highest BCUT2D eigenvalue weighted by atomic mass is 16.5.